The SMILES string of the molecule is Oc1cc(-c2cccc(-c3cc4ccccc4c4ccccc34)c2)cc(-c2cc3ccccc3c3ccccc23)c1. The molecule has 41 heavy (non-hydrogen) atoms. The molecule has 0 heterocycles. The Balaban J connectivity index is 1.31. The van der Waals surface area contributed by atoms with Crippen molar-refractivity contribution in [1.29, 1.82) is 0 Å². The largest absolute Gasteiger partial charge is 0.508 e. The summed E-state index contributed by atoms with van der Waals surface area (Å²) in [6, 6.07) is 53.4. The summed E-state index contributed by atoms with van der Waals surface area (Å²) in [5, 5.41) is 20.8. The zero-order valence-corrected chi connectivity index (χ0v) is 22.4. The molecule has 0 saturated carbocycles. The predicted molar refractivity (Wildman–Crippen MR) is 174 cm³/mol. The monoisotopic (exact) mass is 522 g/mol. The maximum Gasteiger partial charge on any atom is 0.116 e. The van der Waals surface area contributed by atoms with E-state index in [9.17, 15) is 5.11 Å². The predicted octanol–water partition coefficient (Wildman–Crippen LogP) is 11.0. The molecule has 0 aliphatic rings. The van der Waals surface area contributed by atoms with Gasteiger partial charge in [-0.3, -0.25) is 0 Å². The standard InChI is InChI=1S/C40H26O/c41-32-22-30(21-31(23-32)40-25-29-11-2-4-15-34(29)36-17-6-8-19-38(36)40)26-12-9-13-27(20-26)39-24-28-10-1-3-14-33(28)35-16-5-7-18-37(35)39/h1-25,41H. The third-order valence-electron chi connectivity index (χ3n) is 8.27. The Kier molecular flexibility index (Phi) is 5.36. The molecule has 192 valence electrons. The molecule has 0 amide bonds. The first-order valence-electron chi connectivity index (χ1n) is 14.0. The summed E-state index contributed by atoms with van der Waals surface area (Å²) in [6.45, 7) is 0. The van der Waals surface area contributed by atoms with Crippen LogP contribution in [-0.2, 0) is 0 Å². The number of benzene rings is 8. The maximum atomic E-state index is 10.9. The minimum Gasteiger partial charge on any atom is -0.508 e. The van der Waals surface area contributed by atoms with Gasteiger partial charge in [0, 0.05) is 0 Å². The summed E-state index contributed by atoms with van der Waals surface area (Å²) >= 11 is 0. The Bertz CT molecular complexity index is 2270. The van der Waals surface area contributed by atoms with Crippen LogP contribution in [0.5, 0.6) is 5.75 Å². The fourth-order valence-electron chi connectivity index (χ4n) is 6.39. The van der Waals surface area contributed by atoms with Crippen LogP contribution in [0.25, 0.3) is 76.5 Å². The van der Waals surface area contributed by atoms with E-state index < -0.39 is 0 Å². The first-order valence-corrected chi connectivity index (χ1v) is 14.0. The molecule has 0 radical (unpaired) electrons. The van der Waals surface area contributed by atoms with Crippen LogP contribution in [0.1, 0.15) is 0 Å². The summed E-state index contributed by atoms with van der Waals surface area (Å²) in [5.41, 5.74) is 6.55. The zero-order chi connectivity index (χ0) is 27.3. The molecule has 0 spiro atoms. The zero-order valence-electron chi connectivity index (χ0n) is 22.4. The number of rotatable bonds is 3. The Morgan fingerprint density at radius 2 is 0.732 bits per heavy atom. The van der Waals surface area contributed by atoms with Crippen molar-refractivity contribution < 1.29 is 5.11 Å². The van der Waals surface area contributed by atoms with Crippen molar-refractivity contribution >= 4 is 43.1 Å². The minimum absolute atomic E-state index is 0.260. The fraction of sp³-hybridized carbons (Fsp3) is 0. The van der Waals surface area contributed by atoms with E-state index in [0.29, 0.717) is 0 Å². The van der Waals surface area contributed by atoms with Gasteiger partial charge in [0.05, 0.1) is 0 Å². The van der Waals surface area contributed by atoms with E-state index in [2.05, 4.69) is 140 Å². The van der Waals surface area contributed by atoms with Crippen LogP contribution in [0.4, 0.5) is 0 Å². The fourth-order valence-corrected chi connectivity index (χ4v) is 6.39. The van der Waals surface area contributed by atoms with Crippen LogP contribution in [-0.4, -0.2) is 5.11 Å². The number of phenols is 1. The van der Waals surface area contributed by atoms with Crippen LogP contribution in [0.15, 0.2) is 152 Å². The molecule has 1 nitrogen and oxygen atoms in total. The van der Waals surface area contributed by atoms with E-state index in [1.54, 1.807) is 0 Å². The Hall–Kier alpha value is -5.40. The molecule has 1 heteroatoms. The van der Waals surface area contributed by atoms with E-state index in [1.807, 2.05) is 12.1 Å². The highest BCUT2D eigenvalue weighted by molar-refractivity contribution is 6.15. The Morgan fingerprint density at radius 1 is 0.293 bits per heavy atom. The average Bonchev–Trinajstić information content (AvgIpc) is 3.04. The van der Waals surface area contributed by atoms with Gasteiger partial charge >= 0.3 is 0 Å². The number of fused-ring (bicyclic) bond motifs is 6. The lowest BCUT2D eigenvalue weighted by Crippen LogP contribution is -1.88. The van der Waals surface area contributed by atoms with Crippen LogP contribution in [0.2, 0.25) is 0 Å². The van der Waals surface area contributed by atoms with Crippen molar-refractivity contribution in [2.75, 3.05) is 0 Å². The normalized spacial score (nSPS) is 11.5. The number of hydrogen-bond donors (Lipinski definition) is 1. The van der Waals surface area contributed by atoms with Gasteiger partial charge in [0.25, 0.3) is 0 Å². The van der Waals surface area contributed by atoms with Crippen molar-refractivity contribution in [2.24, 2.45) is 0 Å². The van der Waals surface area contributed by atoms with E-state index in [1.165, 1.54) is 48.7 Å². The second kappa shape index (κ2) is 9.36. The number of hydrogen-bond acceptors (Lipinski definition) is 1. The first kappa shape index (κ1) is 23.5. The molecule has 8 rings (SSSR count). The molecule has 0 fully saturated rings. The summed E-state index contributed by atoms with van der Waals surface area (Å²) in [5.74, 6) is 0.260. The topological polar surface area (TPSA) is 20.2 Å². The van der Waals surface area contributed by atoms with Crippen LogP contribution < -0.4 is 0 Å². The van der Waals surface area contributed by atoms with Crippen molar-refractivity contribution in [3.63, 3.8) is 0 Å². The van der Waals surface area contributed by atoms with E-state index in [-0.39, 0.29) is 5.75 Å². The van der Waals surface area contributed by atoms with Gasteiger partial charge in [-0.1, -0.05) is 115 Å². The van der Waals surface area contributed by atoms with Gasteiger partial charge in [-0.25, -0.2) is 0 Å². The molecule has 0 aromatic heterocycles. The lowest BCUT2D eigenvalue weighted by molar-refractivity contribution is 0.476. The highest BCUT2D eigenvalue weighted by Gasteiger charge is 2.13. The van der Waals surface area contributed by atoms with Crippen LogP contribution >= 0.6 is 0 Å². The molecular formula is C40H26O. The highest BCUT2D eigenvalue weighted by Crippen LogP contribution is 2.40. The minimum atomic E-state index is 0.260. The van der Waals surface area contributed by atoms with Gasteiger partial charge in [-0.2, -0.15) is 0 Å². The van der Waals surface area contributed by atoms with Crippen LogP contribution in [0.3, 0.4) is 0 Å². The van der Waals surface area contributed by atoms with E-state index in [4.69, 9.17) is 0 Å². The van der Waals surface area contributed by atoms with Crippen molar-refractivity contribution in [3.8, 4) is 39.1 Å². The number of aromatic hydroxyl groups is 1. The van der Waals surface area contributed by atoms with Gasteiger partial charge in [0.1, 0.15) is 5.75 Å². The van der Waals surface area contributed by atoms with Crippen molar-refractivity contribution in [3.05, 3.63) is 152 Å². The summed E-state index contributed by atoms with van der Waals surface area (Å²) in [7, 11) is 0. The molecule has 0 atom stereocenters. The summed E-state index contributed by atoms with van der Waals surface area (Å²) in [6.07, 6.45) is 0. The van der Waals surface area contributed by atoms with E-state index in [0.717, 1.165) is 27.8 Å². The lowest BCUT2D eigenvalue weighted by Gasteiger charge is -2.14. The van der Waals surface area contributed by atoms with Gasteiger partial charge in [-0.05, 0) is 113 Å². The molecule has 0 aliphatic carbocycles. The Morgan fingerprint density at radius 3 is 1.34 bits per heavy atom. The molecular weight excluding hydrogens is 496 g/mol. The van der Waals surface area contributed by atoms with Crippen molar-refractivity contribution in [2.45, 2.75) is 0 Å². The average molecular weight is 523 g/mol. The molecule has 0 saturated heterocycles. The highest BCUT2D eigenvalue weighted by atomic mass is 16.3. The molecule has 0 bridgehead atoms. The number of phenolic OH excluding ortho intramolecular Hbond substituents is 1. The molecule has 0 unspecified atom stereocenters. The molecule has 0 aliphatic heterocycles. The quantitative estimate of drug-likeness (QED) is 0.229. The van der Waals surface area contributed by atoms with Crippen molar-refractivity contribution in [1.82, 2.24) is 0 Å². The first-order chi connectivity index (χ1) is 20.2. The van der Waals surface area contributed by atoms with E-state index >= 15 is 0 Å². The third kappa shape index (κ3) is 3.94. The van der Waals surface area contributed by atoms with Gasteiger partial charge in [0.2, 0.25) is 0 Å². The molecule has 1 N–H and O–H groups in total. The second-order valence-electron chi connectivity index (χ2n) is 10.7. The smallest absolute Gasteiger partial charge is 0.116 e. The van der Waals surface area contributed by atoms with Gasteiger partial charge in [-0.15, -0.1) is 0 Å². The summed E-state index contributed by atoms with van der Waals surface area (Å²) in [4.78, 5) is 0. The molecule has 8 aromatic carbocycles. The maximum absolute atomic E-state index is 10.9. The third-order valence-corrected chi connectivity index (χ3v) is 8.27. The van der Waals surface area contributed by atoms with Gasteiger partial charge in [0.15, 0.2) is 0 Å². The van der Waals surface area contributed by atoms with Gasteiger partial charge < -0.3 is 5.11 Å². The van der Waals surface area contributed by atoms with Crippen LogP contribution in [0, 0.1) is 0 Å². The lowest BCUT2D eigenvalue weighted by atomic mass is 9.90. The molecule has 8 aromatic rings. The summed E-state index contributed by atoms with van der Waals surface area (Å²) < 4.78 is 0. The Labute approximate surface area is 238 Å². The second-order valence-corrected chi connectivity index (χ2v) is 10.7.